The zero-order chi connectivity index (χ0) is 47.5. The number of nitrogens with zero attached hydrogens (tertiary/aromatic N) is 2. The van der Waals surface area contributed by atoms with Crippen molar-refractivity contribution in [3.05, 3.63) is 51.6 Å². The Morgan fingerprint density at radius 1 is 0.906 bits per heavy atom. The number of esters is 1. The molecule has 3 fully saturated rings. The number of hydrogen-bond acceptors (Lipinski definition) is 11. The van der Waals surface area contributed by atoms with Gasteiger partial charge >= 0.3 is 11.9 Å². The van der Waals surface area contributed by atoms with Crippen LogP contribution in [0.25, 0.3) is 0 Å². The summed E-state index contributed by atoms with van der Waals surface area (Å²) >= 11 is 0. The van der Waals surface area contributed by atoms with Crippen LogP contribution in [0.2, 0.25) is 0 Å². The Bertz CT molecular complexity index is 1980. The van der Waals surface area contributed by atoms with E-state index in [-0.39, 0.29) is 18.8 Å². The van der Waals surface area contributed by atoms with Gasteiger partial charge in [-0.1, -0.05) is 65.4 Å². The third-order valence-electron chi connectivity index (χ3n) is 12.1. The van der Waals surface area contributed by atoms with Gasteiger partial charge in [-0.15, -0.1) is 0 Å². The quantitative estimate of drug-likeness (QED) is 0.0536. The lowest BCUT2D eigenvalue weighted by molar-refractivity contribution is -0.384. The molecule has 0 bridgehead atoms. The first-order valence-electron chi connectivity index (χ1n) is 21.5. The van der Waals surface area contributed by atoms with E-state index in [1.54, 1.807) is 0 Å². The van der Waals surface area contributed by atoms with Gasteiger partial charge in [-0.05, 0) is 61.8 Å². The maximum Gasteiger partial charge on any atom is 0.336 e. The number of likely N-dealkylation sites (tertiary alicyclic amines) is 1. The fraction of sp³-hybridized carbons (Fsp3) is 0.628. The molecule has 0 spiro atoms. The van der Waals surface area contributed by atoms with E-state index in [9.17, 15) is 53.6 Å². The maximum absolute atomic E-state index is 15.4. The largest absolute Gasteiger partial charge is 0.478 e. The zero-order valence-electron chi connectivity index (χ0n) is 36.5. The van der Waals surface area contributed by atoms with Gasteiger partial charge < -0.3 is 41.7 Å². The monoisotopic (exact) mass is 903 g/mol. The van der Waals surface area contributed by atoms with Gasteiger partial charge in [0.25, 0.3) is 17.5 Å². The molecule has 1 heterocycles. The van der Waals surface area contributed by atoms with Crippen LogP contribution in [-0.4, -0.2) is 112 Å². The first kappa shape index (κ1) is 50.6. The van der Waals surface area contributed by atoms with Crippen LogP contribution in [0.3, 0.4) is 0 Å². The molecular formula is C43H59F2N7O12. The first-order chi connectivity index (χ1) is 30.0. The minimum absolute atomic E-state index is 0.0647. The van der Waals surface area contributed by atoms with Gasteiger partial charge in [-0.2, -0.15) is 0 Å². The van der Waals surface area contributed by atoms with Crippen LogP contribution >= 0.6 is 0 Å². The Morgan fingerprint density at radius 2 is 1.50 bits per heavy atom. The number of hydrogen-bond donors (Lipinski definition) is 6. The highest BCUT2D eigenvalue weighted by molar-refractivity contribution is 6.06. The number of methoxy groups -OCH3 is 1. The number of alkyl halides is 2. The van der Waals surface area contributed by atoms with Gasteiger partial charge in [-0.25, -0.2) is 18.4 Å². The SMILES string of the molecule is COC(=O)/C=C/CC[C@H](NC(=O)c1ccc([N+](=O)[O-])cc1C(=O)O)C(=O)N[C@H](C(=O)N1CC(F)(F)C[C@H]1C(=O)N[C@H](C(=O)N[C@H](C(N)=O)C1CCCCC1)C1CCCCC1)C(C)(C)C. The number of allylic oxidation sites excluding steroid dienone is 1. The molecule has 2 aliphatic carbocycles. The van der Waals surface area contributed by atoms with Crippen molar-refractivity contribution in [2.75, 3.05) is 13.7 Å². The number of nitro groups is 1. The number of carbonyl (C=O) groups excluding carboxylic acids is 7. The number of halogens is 2. The predicted molar refractivity (Wildman–Crippen MR) is 224 cm³/mol. The molecule has 3 aliphatic rings. The normalized spacial score (nSPS) is 20.0. The van der Waals surface area contributed by atoms with Crippen LogP contribution in [0.1, 0.15) is 125 Å². The van der Waals surface area contributed by atoms with E-state index in [0.717, 1.165) is 63.8 Å². The second-order valence-corrected chi connectivity index (χ2v) is 17.8. The topological polar surface area (TPSA) is 287 Å². The maximum atomic E-state index is 15.4. The van der Waals surface area contributed by atoms with Crippen LogP contribution in [0.4, 0.5) is 14.5 Å². The summed E-state index contributed by atoms with van der Waals surface area (Å²) in [6, 6.07) is -4.80. The number of amides is 6. The predicted octanol–water partition coefficient (Wildman–Crippen LogP) is 3.28. The number of nitro benzene ring substituents is 1. The molecule has 64 heavy (non-hydrogen) atoms. The van der Waals surface area contributed by atoms with E-state index >= 15 is 8.78 Å². The van der Waals surface area contributed by atoms with Crippen molar-refractivity contribution in [3.63, 3.8) is 0 Å². The summed E-state index contributed by atoms with van der Waals surface area (Å²) in [7, 11) is 1.13. The summed E-state index contributed by atoms with van der Waals surface area (Å²) in [5.74, 6) is -12.3. The van der Waals surface area contributed by atoms with Crippen molar-refractivity contribution < 1.29 is 61.9 Å². The second kappa shape index (κ2) is 22.1. The Balaban J connectivity index is 1.62. The van der Waals surface area contributed by atoms with Gasteiger partial charge in [0.05, 0.1) is 29.7 Å². The van der Waals surface area contributed by atoms with Crippen LogP contribution in [-0.2, 0) is 33.5 Å². The molecule has 0 radical (unpaired) electrons. The van der Waals surface area contributed by atoms with Crippen LogP contribution in [0.15, 0.2) is 30.4 Å². The third kappa shape index (κ3) is 13.5. The summed E-state index contributed by atoms with van der Waals surface area (Å²) in [6.07, 6.45) is 8.37. The van der Waals surface area contributed by atoms with Gasteiger partial charge in [0.15, 0.2) is 0 Å². The molecule has 2 saturated carbocycles. The summed E-state index contributed by atoms with van der Waals surface area (Å²) in [6.45, 7) is 3.35. The first-order valence-corrected chi connectivity index (χ1v) is 21.5. The van der Waals surface area contributed by atoms with Gasteiger partial charge in [0.1, 0.15) is 30.2 Å². The molecule has 1 aromatic carbocycles. The Kier molecular flexibility index (Phi) is 17.4. The summed E-state index contributed by atoms with van der Waals surface area (Å²) < 4.78 is 35.4. The number of aromatic carboxylic acids is 1. The fourth-order valence-corrected chi connectivity index (χ4v) is 8.62. The summed E-state index contributed by atoms with van der Waals surface area (Å²) in [5, 5.41) is 31.3. The lowest BCUT2D eigenvalue weighted by atomic mass is 9.81. The van der Waals surface area contributed by atoms with Crippen LogP contribution in [0, 0.1) is 27.4 Å². The van der Waals surface area contributed by atoms with Crippen molar-refractivity contribution in [1.82, 2.24) is 26.2 Å². The van der Waals surface area contributed by atoms with E-state index in [0.29, 0.717) is 36.6 Å². The van der Waals surface area contributed by atoms with Crippen LogP contribution in [0.5, 0.6) is 0 Å². The lowest BCUT2D eigenvalue weighted by Crippen LogP contribution is -2.62. The van der Waals surface area contributed by atoms with Crippen molar-refractivity contribution in [1.29, 1.82) is 0 Å². The summed E-state index contributed by atoms with van der Waals surface area (Å²) in [5.41, 5.74) is 2.59. The molecule has 21 heteroatoms. The van der Waals surface area contributed by atoms with E-state index in [1.807, 2.05) is 0 Å². The molecule has 6 amide bonds. The van der Waals surface area contributed by atoms with Crippen molar-refractivity contribution in [2.24, 2.45) is 23.0 Å². The minimum Gasteiger partial charge on any atom is -0.478 e. The highest BCUT2D eigenvalue weighted by Crippen LogP contribution is 2.36. The molecule has 352 valence electrons. The molecule has 5 atom stereocenters. The third-order valence-corrected chi connectivity index (χ3v) is 12.1. The average molecular weight is 904 g/mol. The van der Waals surface area contributed by atoms with Crippen molar-refractivity contribution in [2.45, 2.75) is 140 Å². The molecule has 1 saturated heterocycles. The van der Waals surface area contributed by atoms with Crippen LogP contribution < -0.4 is 27.0 Å². The number of rotatable bonds is 18. The van der Waals surface area contributed by atoms with E-state index in [1.165, 1.54) is 26.8 Å². The van der Waals surface area contributed by atoms with Gasteiger partial charge in [0, 0.05) is 24.6 Å². The van der Waals surface area contributed by atoms with Gasteiger partial charge in [-0.3, -0.25) is 38.9 Å². The second-order valence-electron chi connectivity index (χ2n) is 17.8. The molecule has 4 rings (SSSR count). The molecule has 7 N–H and O–H groups in total. The summed E-state index contributed by atoms with van der Waals surface area (Å²) in [4.78, 5) is 118. The highest BCUT2D eigenvalue weighted by Gasteiger charge is 2.53. The van der Waals surface area contributed by atoms with Gasteiger partial charge in [0.2, 0.25) is 29.5 Å². The zero-order valence-corrected chi connectivity index (χ0v) is 36.5. The molecular weight excluding hydrogens is 845 g/mol. The molecule has 1 aromatic rings. The Hall–Kier alpha value is -6.02. The highest BCUT2D eigenvalue weighted by atomic mass is 19.3. The molecule has 0 unspecified atom stereocenters. The smallest absolute Gasteiger partial charge is 0.336 e. The Morgan fingerprint density at radius 3 is 2.03 bits per heavy atom. The van der Waals surface area contributed by atoms with E-state index in [2.05, 4.69) is 26.0 Å². The number of ether oxygens (including phenoxy) is 1. The number of carboxylic acid groups (broad SMARTS) is 1. The molecule has 0 aromatic heterocycles. The van der Waals surface area contributed by atoms with E-state index < -0.39 is 130 Å². The average Bonchev–Trinajstić information content (AvgIpc) is 3.59. The molecule has 1 aliphatic heterocycles. The molecule has 19 nitrogen and oxygen atoms in total. The fourth-order valence-electron chi connectivity index (χ4n) is 8.62. The van der Waals surface area contributed by atoms with Crippen molar-refractivity contribution in [3.8, 4) is 0 Å². The minimum atomic E-state index is -3.57. The number of nitrogens with two attached hydrogens (primary N) is 1. The number of carboxylic acids is 1. The number of primary amides is 1. The number of carbonyl (C=O) groups is 8. The standard InChI is InChI=1S/C43H59F2N7O12/c1-42(2,3)34(50-37(56)29(17-11-12-18-31(53)64-4)47-36(55)27-20-19-26(52(62)63)21-28(27)41(60)61)40(59)51-23-43(44,45)22-30(51)38(57)49-33(25-15-9-6-10-16-25)39(58)48-32(35(46)54)24-13-7-5-8-14-24/h12,18-21,24-25,29-30,32-34H,5-11,13-17,22-23H2,1-4H3,(H2,46,54)(H,47,55)(H,48,58)(H,49,57)(H,50,56)(H,60,61)/b18-12+/t29-,30-,32-,33-,34+/m0/s1. The van der Waals surface area contributed by atoms with E-state index in [4.69, 9.17) is 5.73 Å². The number of nitrogens with one attached hydrogen (secondary N) is 4. The number of non-ortho nitro benzene ring substituents is 1. The van der Waals surface area contributed by atoms with Crippen molar-refractivity contribution >= 4 is 53.1 Å². The Labute approximate surface area is 369 Å². The lowest BCUT2D eigenvalue weighted by Gasteiger charge is -2.37. The number of benzene rings is 1.